The van der Waals surface area contributed by atoms with Gasteiger partial charge in [0.25, 0.3) is 0 Å². The number of thioether (sulfide) groups is 1. The number of anilines is 2. The first-order valence-electron chi connectivity index (χ1n) is 9.82. The van der Waals surface area contributed by atoms with Crippen LogP contribution < -0.4 is 10.6 Å². The predicted octanol–water partition coefficient (Wildman–Crippen LogP) is 4.94. The number of aromatic nitrogens is 4. The Morgan fingerprint density at radius 3 is 2.48 bits per heavy atom. The average molecular weight is 451 g/mol. The molecule has 0 aliphatic carbocycles. The molecule has 0 bridgehead atoms. The summed E-state index contributed by atoms with van der Waals surface area (Å²) in [5.41, 5.74) is 2.66. The molecule has 4 rings (SSSR count). The Bertz CT molecular complexity index is 1140. The van der Waals surface area contributed by atoms with E-state index in [0.29, 0.717) is 5.82 Å². The molecule has 7 nitrogen and oxygen atoms in total. The molecule has 9 heteroatoms. The van der Waals surface area contributed by atoms with Crippen molar-refractivity contribution < 1.29 is 4.79 Å². The van der Waals surface area contributed by atoms with Crippen LogP contribution in [0.4, 0.5) is 10.9 Å². The molecule has 1 amide bonds. The largest absolute Gasteiger partial charge is 0.358 e. The number of nitrogens with one attached hydrogen (secondary N) is 2. The van der Waals surface area contributed by atoms with Crippen molar-refractivity contribution in [3.05, 3.63) is 66.7 Å². The summed E-state index contributed by atoms with van der Waals surface area (Å²) in [6.45, 7) is 4.09. The third kappa shape index (κ3) is 5.50. The normalized spacial score (nSPS) is 10.9. The zero-order chi connectivity index (χ0) is 21.6. The number of para-hydroxylation sites is 1. The van der Waals surface area contributed by atoms with Crippen molar-refractivity contribution in [2.75, 3.05) is 16.4 Å². The minimum Gasteiger partial charge on any atom is -0.358 e. The summed E-state index contributed by atoms with van der Waals surface area (Å²) < 4.78 is 2.50. The van der Waals surface area contributed by atoms with Crippen LogP contribution in [0.3, 0.4) is 0 Å². The molecule has 0 unspecified atom stereocenters. The van der Waals surface area contributed by atoms with Crippen LogP contribution in [0.1, 0.15) is 13.8 Å². The zero-order valence-electron chi connectivity index (χ0n) is 17.1. The Balaban J connectivity index is 1.49. The fourth-order valence-electron chi connectivity index (χ4n) is 2.87. The Hall–Kier alpha value is -3.17. The minimum absolute atomic E-state index is 0.129. The van der Waals surface area contributed by atoms with Crippen LogP contribution >= 0.6 is 23.1 Å². The monoisotopic (exact) mass is 450 g/mol. The number of hydrogen-bond acceptors (Lipinski definition) is 7. The predicted molar refractivity (Wildman–Crippen MR) is 127 cm³/mol. The second kappa shape index (κ2) is 9.76. The second-order valence-electron chi connectivity index (χ2n) is 7.04. The Kier molecular flexibility index (Phi) is 6.63. The summed E-state index contributed by atoms with van der Waals surface area (Å²) in [6.07, 6.45) is 0. The van der Waals surface area contributed by atoms with Gasteiger partial charge in [-0.25, -0.2) is 4.68 Å². The lowest BCUT2D eigenvalue weighted by molar-refractivity contribution is -0.113. The summed E-state index contributed by atoms with van der Waals surface area (Å²) >= 11 is 2.81. The fourth-order valence-corrected chi connectivity index (χ4v) is 4.56. The standard InChI is InChI=1S/C22H22N6OS2/c1-15(2)23-21-25-26-22(31-21)30-14-20(29)24-19-13-18(16-9-5-3-6-10-16)27-28(19)17-11-7-4-8-12-17/h3-13,15H,14H2,1-2H3,(H,23,25)(H,24,29). The minimum atomic E-state index is -0.129. The first-order valence-corrected chi connectivity index (χ1v) is 11.6. The van der Waals surface area contributed by atoms with Crippen LogP contribution in [0.2, 0.25) is 0 Å². The van der Waals surface area contributed by atoms with Crippen molar-refractivity contribution >= 4 is 40.0 Å². The van der Waals surface area contributed by atoms with Crippen LogP contribution in [0.5, 0.6) is 0 Å². The smallest absolute Gasteiger partial charge is 0.235 e. The molecule has 0 saturated carbocycles. The molecule has 0 fully saturated rings. The van der Waals surface area contributed by atoms with E-state index in [1.54, 1.807) is 4.68 Å². The lowest BCUT2D eigenvalue weighted by atomic mass is 10.2. The van der Waals surface area contributed by atoms with Crippen molar-refractivity contribution in [1.29, 1.82) is 0 Å². The molecule has 4 aromatic rings. The highest BCUT2D eigenvalue weighted by Crippen LogP contribution is 2.27. The van der Waals surface area contributed by atoms with E-state index in [-0.39, 0.29) is 17.7 Å². The number of nitrogens with zero attached hydrogens (tertiary/aromatic N) is 4. The van der Waals surface area contributed by atoms with Gasteiger partial charge in [0.05, 0.1) is 17.1 Å². The van der Waals surface area contributed by atoms with Gasteiger partial charge in [-0.2, -0.15) is 5.10 Å². The number of rotatable bonds is 8. The van der Waals surface area contributed by atoms with Gasteiger partial charge in [-0.05, 0) is 26.0 Å². The van der Waals surface area contributed by atoms with E-state index in [4.69, 9.17) is 5.10 Å². The van der Waals surface area contributed by atoms with Crippen LogP contribution in [0, 0.1) is 0 Å². The molecule has 31 heavy (non-hydrogen) atoms. The van der Waals surface area contributed by atoms with Gasteiger partial charge < -0.3 is 10.6 Å². The van der Waals surface area contributed by atoms with Gasteiger partial charge in [-0.1, -0.05) is 71.6 Å². The van der Waals surface area contributed by atoms with Gasteiger partial charge in [0.2, 0.25) is 11.0 Å². The molecule has 0 spiro atoms. The van der Waals surface area contributed by atoms with Crippen LogP contribution in [0.15, 0.2) is 71.1 Å². The van der Waals surface area contributed by atoms with Gasteiger partial charge in [0.1, 0.15) is 5.82 Å². The molecule has 0 aliphatic rings. The van der Waals surface area contributed by atoms with Gasteiger partial charge in [-0.15, -0.1) is 10.2 Å². The van der Waals surface area contributed by atoms with E-state index in [2.05, 4.69) is 20.8 Å². The summed E-state index contributed by atoms with van der Waals surface area (Å²) in [7, 11) is 0. The highest BCUT2D eigenvalue weighted by atomic mass is 32.2. The van der Waals surface area contributed by atoms with Gasteiger partial charge >= 0.3 is 0 Å². The second-order valence-corrected chi connectivity index (χ2v) is 9.24. The first kappa shape index (κ1) is 21.1. The molecule has 2 aromatic heterocycles. The lowest BCUT2D eigenvalue weighted by Gasteiger charge is -2.08. The van der Waals surface area contributed by atoms with E-state index in [1.807, 2.05) is 80.6 Å². The maximum atomic E-state index is 12.7. The Labute approximate surface area is 188 Å². The average Bonchev–Trinajstić information content (AvgIpc) is 3.40. The lowest BCUT2D eigenvalue weighted by Crippen LogP contribution is -2.16. The number of hydrogen-bond donors (Lipinski definition) is 2. The number of carbonyl (C=O) groups excluding carboxylic acids is 1. The van der Waals surface area contributed by atoms with Crippen molar-refractivity contribution in [2.45, 2.75) is 24.2 Å². The molecule has 0 radical (unpaired) electrons. The molecule has 2 aromatic carbocycles. The fraction of sp³-hybridized carbons (Fsp3) is 0.182. The summed E-state index contributed by atoms with van der Waals surface area (Å²) in [5.74, 6) is 0.724. The maximum absolute atomic E-state index is 12.7. The quantitative estimate of drug-likeness (QED) is 0.370. The van der Waals surface area contributed by atoms with Crippen molar-refractivity contribution in [1.82, 2.24) is 20.0 Å². The molecule has 158 valence electrons. The van der Waals surface area contributed by atoms with E-state index in [0.717, 1.165) is 26.4 Å². The molecule has 0 aliphatic heterocycles. The van der Waals surface area contributed by atoms with Gasteiger partial charge in [-0.3, -0.25) is 4.79 Å². The Morgan fingerprint density at radius 2 is 1.77 bits per heavy atom. The highest BCUT2D eigenvalue weighted by Gasteiger charge is 2.15. The SMILES string of the molecule is CC(C)Nc1nnc(SCC(=O)Nc2cc(-c3ccccc3)nn2-c2ccccc2)s1. The van der Waals surface area contributed by atoms with Crippen molar-refractivity contribution in [2.24, 2.45) is 0 Å². The topological polar surface area (TPSA) is 84.7 Å². The third-order valence-corrected chi connectivity index (χ3v) is 6.18. The van der Waals surface area contributed by atoms with Crippen LogP contribution in [-0.2, 0) is 4.79 Å². The molecule has 0 saturated heterocycles. The molecular weight excluding hydrogens is 428 g/mol. The van der Waals surface area contributed by atoms with Gasteiger partial charge in [0.15, 0.2) is 4.34 Å². The summed E-state index contributed by atoms with van der Waals surface area (Å²) in [5, 5.41) is 19.9. The maximum Gasteiger partial charge on any atom is 0.235 e. The van der Waals surface area contributed by atoms with Crippen molar-refractivity contribution in [3.8, 4) is 16.9 Å². The zero-order valence-corrected chi connectivity index (χ0v) is 18.8. The number of amides is 1. The molecular formula is C22H22N6OS2. The van der Waals surface area contributed by atoms with E-state index in [1.165, 1.54) is 23.1 Å². The van der Waals surface area contributed by atoms with E-state index < -0.39 is 0 Å². The summed E-state index contributed by atoms with van der Waals surface area (Å²) in [6, 6.07) is 21.8. The Morgan fingerprint density at radius 1 is 1.06 bits per heavy atom. The van der Waals surface area contributed by atoms with E-state index in [9.17, 15) is 4.79 Å². The first-order chi connectivity index (χ1) is 15.1. The number of benzene rings is 2. The molecule has 0 atom stereocenters. The van der Waals surface area contributed by atoms with Crippen LogP contribution in [-0.4, -0.2) is 37.7 Å². The van der Waals surface area contributed by atoms with Gasteiger partial charge in [0, 0.05) is 17.7 Å². The summed E-state index contributed by atoms with van der Waals surface area (Å²) in [4.78, 5) is 12.7. The third-order valence-electron chi connectivity index (χ3n) is 4.19. The number of carbonyl (C=O) groups is 1. The molecule has 2 N–H and O–H groups in total. The highest BCUT2D eigenvalue weighted by molar-refractivity contribution is 8.01. The van der Waals surface area contributed by atoms with Crippen molar-refractivity contribution in [3.63, 3.8) is 0 Å². The van der Waals surface area contributed by atoms with Crippen LogP contribution in [0.25, 0.3) is 16.9 Å². The van der Waals surface area contributed by atoms with E-state index >= 15 is 0 Å². The molecule has 2 heterocycles.